The van der Waals surface area contributed by atoms with Crippen LogP contribution in [0.2, 0.25) is 0 Å². The number of likely N-dealkylation sites (tertiary alicyclic amines) is 1. The van der Waals surface area contributed by atoms with E-state index in [0.29, 0.717) is 10.8 Å². The van der Waals surface area contributed by atoms with Crippen molar-refractivity contribution in [3.05, 3.63) is 11.6 Å². The maximum Gasteiger partial charge on any atom is 0.0577 e. The summed E-state index contributed by atoms with van der Waals surface area (Å²) in [6, 6.07) is 0. The number of fused-ring (bicyclic) bond motifs is 5. The smallest absolute Gasteiger partial charge is 0.0577 e. The third-order valence-corrected chi connectivity index (χ3v) is 10.6. The van der Waals surface area contributed by atoms with Crippen LogP contribution in [0.4, 0.5) is 0 Å². The Morgan fingerprint density at radius 3 is 2.64 bits per heavy atom. The number of hydrogen-bond acceptors (Lipinski definition) is 2. The first-order valence-corrected chi connectivity index (χ1v) is 12.5. The minimum atomic E-state index is -0.0768. The number of aliphatic hydroxyl groups excluding tert-OH is 1. The largest absolute Gasteiger partial charge is 0.393 e. The van der Waals surface area contributed by atoms with Gasteiger partial charge in [-0.1, -0.05) is 32.4 Å². The second-order valence-electron chi connectivity index (χ2n) is 11.9. The van der Waals surface area contributed by atoms with Crippen LogP contribution in [0.5, 0.6) is 0 Å². The van der Waals surface area contributed by atoms with Gasteiger partial charge in [0.1, 0.15) is 0 Å². The van der Waals surface area contributed by atoms with Gasteiger partial charge in [0.15, 0.2) is 0 Å². The molecule has 0 radical (unpaired) electrons. The molecule has 2 heteroatoms. The van der Waals surface area contributed by atoms with Gasteiger partial charge in [-0.05, 0) is 118 Å². The van der Waals surface area contributed by atoms with Crippen LogP contribution in [0.1, 0.15) is 85.0 Å². The molecule has 5 rings (SSSR count). The van der Waals surface area contributed by atoms with Gasteiger partial charge in [-0.3, -0.25) is 0 Å². The molecule has 158 valence electrons. The highest BCUT2D eigenvalue weighted by Crippen LogP contribution is 2.67. The van der Waals surface area contributed by atoms with Crippen molar-refractivity contribution in [3.8, 4) is 0 Å². The average molecular weight is 386 g/mol. The lowest BCUT2D eigenvalue weighted by molar-refractivity contribution is -0.0581. The van der Waals surface area contributed by atoms with Gasteiger partial charge in [0.2, 0.25) is 0 Å². The lowest BCUT2D eigenvalue weighted by atomic mass is 9.47. The Labute approximate surface area is 173 Å². The zero-order valence-corrected chi connectivity index (χ0v) is 18.6. The zero-order valence-electron chi connectivity index (χ0n) is 18.6. The van der Waals surface area contributed by atoms with Gasteiger partial charge in [-0.2, -0.15) is 0 Å². The van der Waals surface area contributed by atoms with E-state index in [2.05, 4.69) is 31.7 Å². The van der Waals surface area contributed by atoms with Crippen molar-refractivity contribution in [2.75, 3.05) is 19.6 Å². The van der Waals surface area contributed by atoms with Crippen molar-refractivity contribution < 1.29 is 5.11 Å². The Morgan fingerprint density at radius 2 is 1.86 bits per heavy atom. The second kappa shape index (κ2) is 7.12. The number of hydrogen-bond donors (Lipinski definition) is 1. The van der Waals surface area contributed by atoms with Crippen molar-refractivity contribution in [1.29, 1.82) is 0 Å². The molecule has 1 saturated heterocycles. The lowest BCUT2D eigenvalue weighted by Crippen LogP contribution is -2.51. The number of rotatable bonds is 3. The predicted molar refractivity (Wildman–Crippen MR) is 116 cm³/mol. The van der Waals surface area contributed by atoms with Crippen LogP contribution in [0, 0.1) is 40.4 Å². The van der Waals surface area contributed by atoms with Crippen molar-refractivity contribution in [2.45, 2.75) is 91.1 Å². The fourth-order valence-electron chi connectivity index (χ4n) is 9.12. The van der Waals surface area contributed by atoms with Gasteiger partial charge < -0.3 is 10.0 Å². The number of allylic oxidation sites excluding steroid dienone is 1. The molecule has 1 aliphatic heterocycles. The highest BCUT2D eigenvalue weighted by Gasteiger charge is 2.59. The Morgan fingerprint density at radius 1 is 1.07 bits per heavy atom. The molecule has 1 heterocycles. The Bertz CT molecular complexity index is 622. The third-order valence-electron chi connectivity index (χ3n) is 10.6. The molecule has 4 aliphatic carbocycles. The molecule has 0 bridgehead atoms. The molecule has 0 aromatic heterocycles. The number of nitrogens with zero attached hydrogens (tertiary/aromatic N) is 1. The van der Waals surface area contributed by atoms with E-state index in [0.717, 1.165) is 42.4 Å². The maximum atomic E-state index is 10.2. The molecule has 3 saturated carbocycles. The minimum Gasteiger partial charge on any atom is -0.393 e. The number of aliphatic hydroxyl groups is 1. The molecule has 1 N–H and O–H groups in total. The Kier molecular flexibility index (Phi) is 4.99. The van der Waals surface area contributed by atoms with Gasteiger partial charge >= 0.3 is 0 Å². The van der Waals surface area contributed by atoms with Crippen molar-refractivity contribution in [3.63, 3.8) is 0 Å². The fraction of sp³-hybridized carbons (Fsp3) is 0.923. The van der Waals surface area contributed by atoms with Crippen LogP contribution >= 0.6 is 0 Å². The van der Waals surface area contributed by atoms with Crippen molar-refractivity contribution in [2.24, 2.45) is 40.4 Å². The highest BCUT2D eigenvalue weighted by atomic mass is 16.3. The van der Waals surface area contributed by atoms with Crippen LogP contribution in [-0.2, 0) is 0 Å². The van der Waals surface area contributed by atoms with Gasteiger partial charge in [-0.15, -0.1) is 0 Å². The molecule has 0 aromatic rings. The first-order chi connectivity index (χ1) is 13.4. The molecule has 2 nitrogen and oxygen atoms in total. The summed E-state index contributed by atoms with van der Waals surface area (Å²) in [5.74, 6) is 4.53. The van der Waals surface area contributed by atoms with Gasteiger partial charge in [-0.25, -0.2) is 0 Å². The van der Waals surface area contributed by atoms with Crippen LogP contribution in [-0.4, -0.2) is 35.7 Å². The summed E-state index contributed by atoms with van der Waals surface area (Å²) < 4.78 is 0. The molecule has 0 aromatic carbocycles. The zero-order chi connectivity index (χ0) is 19.5. The lowest BCUT2D eigenvalue weighted by Gasteiger charge is -2.58. The van der Waals surface area contributed by atoms with E-state index in [9.17, 15) is 5.11 Å². The minimum absolute atomic E-state index is 0.0768. The molecular formula is C26H43NO. The molecule has 8 atom stereocenters. The molecule has 0 spiro atoms. The summed E-state index contributed by atoms with van der Waals surface area (Å²) >= 11 is 0. The molecule has 0 amide bonds. The summed E-state index contributed by atoms with van der Waals surface area (Å²) in [4.78, 5) is 2.75. The third kappa shape index (κ3) is 2.96. The van der Waals surface area contributed by atoms with E-state index in [1.807, 2.05) is 0 Å². The van der Waals surface area contributed by atoms with Gasteiger partial charge in [0.05, 0.1) is 6.10 Å². The average Bonchev–Trinajstić information content (AvgIpc) is 3.29. The predicted octanol–water partition coefficient (Wildman–Crippen LogP) is 5.66. The monoisotopic (exact) mass is 385 g/mol. The van der Waals surface area contributed by atoms with Gasteiger partial charge in [0.25, 0.3) is 0 Å². The molecule has 4 fully saturated rings. The van der Waals surface area contributed by atoms with E-state index in [4.69, 9.17) is 0 Å². The van der Waals surface area contributed by atoms with Crippen LogP contribution in [0.3, 0.4) is 0 Å². The van der Waals surface area contributed by atoms with E-state index in [1.165, 1.54) is 71.0 Å². The van der Waals surface area contributed by atoms with E-state index < -0.39 is 0 Å². The summed E-state index contributed by atoms with van der Waals surface area (Å²) in [6.45, 7) is 11.9. The SMILES string of the molecule is C[C@H](CN1CCCC1)[C@H]1CCC2C3CC=C4C[C@@H](O)CC[C@]4(C)C3CC[C@@]21C. The van der Waals surface area contributed by atoms with E-state index in [-0.39, 0.29) is 6.10 Å². The summed E-state index contributed by atoms with van der Waals surface area (Å²) in [5, 5.41) is 10.2. The first-order valence-electron chi connectivity index (χ1n) is 12.5. The standard InChI is InChI=1S/C26H43NO/c1-18(17-27-14-4-5-15-27)22-8-9-23-21-7-6-19-16-20(28)10-12-25(19,2)24(21)11-13-26(22,23)3/h6,18,20-24,28H,4-5,7-17H2,1-3H3/t18-,20+,21?,22-,23?,24?,25+,26-/m1/s1. The van der Waals surface area contributed by atoms with Crippen molar-refractivity contribution >= 4 is 0 Å². The normalized spacial score (nSPS) is 49.9. The summed E-state index contributed by atoms with van der Waals surface area (Å²) in [7, 11) is 0. The van der Waals surface area contributed by atoms with Crippen LogP contribution in [0.15, 0.2) is 11.6 Å². The topological polar surface area (TPSA) is 23.5 Å². The highest BCUT2D eigenvalue weighted by molar-refractivity contribution is 5.25. The van der Waals surface area contributed by atoms with E-state index >= 15 is 0 Å². The molecule has 3 unspecified atom stereocenters. The maximum absolute atomic E-state index is 10.2. The first kappa shape index (κ1) is 19.6. The van der Waals surface area contributed by atoms with Crippen molar-refractivity contribution in [1.82, 2.24) is 4.90 Å². The van der Waals surface area contributed by atoms with Crippen LogP contribution < -0.4 is 0 Å². The Balaban J connectivity index is 1.35. The molecular weight excluding hydrogens is 342 g/mol. The van der Waals surface area contributed by atoms with Gasteiger partial charge in [0, 0.05) is 6.54 Å². The fourth-order valence-corrected chi connectivity index (χ4v) is 9.12. The molecule has 28 heavy (non-hydrogen) atoms. The quantitative estimate of drug-likeness (QED) is 0.634. The molecule has 5 aliphatic rings. The second-order valence-corrected chi connectivity index (χ2v) is 11.9. The summed E-state index contributed by atoms with van der Waals surface area (Å²) in [5.41, 5.74) is 2.59. The summed E-state index contributed by atoms with van der Waals surface area (Å²) in [6.07, 6.45) is 15.7. The Hall–Kier alpha value is -0.340. The van der Waals surface area contributed by atoms with E-state index in [1.54, 1.807) is 5.57 Å². The van der Waals surface area contributed by atoms with Crippen LogP contribution in [0.25, 0.3) is 0 Å².